The smallest absolute Gasteiger partial charge is 0.225 e. The molecule has 5 heteroatoms. The lowest BCUT2D eigenvalue weighted by molar-refractivity contribution is -0.116. The van der Waals surface area contributed by atoms with Gasteiger partial charge in [0.15, 0.2) is 0 Å². The second kappa shape index (κ2) is 8.15. The molecule has 1 saturated heterocycles. The number of benzene rings is 1. The minimum atomic E-state index is 0. The summed E-state index contributed by atoms with van der Waals surface area (Å²) in [6.45, 7) is 6.09. The highest BCUT2D eigenvalue weighted by Gasteiger charge is 2.18. The predicted molar refractivity (Wildman–Crippen MR) is 80.8 cm³/mol. The number of piperazine rings is 1. The van der Waals surface area contributed by atoms with Gasteiger partial charge >= 0.3 is 0 Å². The van der Waals surface area contributed by atoms with Crippen LogP contribution in [0.2, 0.25) is 0 Å². The van der Waals surface area contributed by atoms with Crippen LogP contribution in [0.3, 0.4) is 0 Å². The number of amides is 1. The van der Waals surface area contributed by atoms with Crippen LogP contribution < -0.4 is 10.6 Å². The van der Waals surface area contributed by atoms with Crippen LogP contribution in [0.15, 0.2) is 30.3 Å². The maximum absolute atomic E-state index is 11.8. The van der Waals surface area contributed by atoms with Gasteiger partial charge in [-0.2, -0.15) is 0 Å². The van der Waals surface area contributed by atoms with Crippen LogP contribution in [0.25, 0.3) is 0 Å². The summed E-state index contributed by atoms with van der Waals surface area (Å²) in [5.74, 6) is 0.0898. The summed E-state index contributed by atoms with van der Waals surface area (Å²) in [4.78, 5) is 14.2. The summed E-state index contributed by atoms with van der Waals surface area (Å²) < 4.78 is 0. The van der Waals surface area contributed by atoms with Crippen LogP contribution in [0, 0.1) is 0 Å². The third kappa shape index (κ3) is 5.19. The second-order valence-corrected chi connectivity index (χ2v) is 4.75. The van der Waals surface area contributed by atoms with Gasteiger partial charge in [0.2, 0.25) is 5.91 Å². The molecule has 1 aromatic rings. The lowest BCUT2D eigenvalue weighted by atomic mass is 10.2. The van der Waals surface area contributed by atoms with E-state index >= 15 is 0 Å². The van der Waals surface area contributed by atoms with Crippen LogP contribution in [0.1, 0.15) is 13.3 Å². The average molecular weight is 284 g/mol. The molecular weight excluding hydrogens is 262 g/mol. The molecule has 0 spiro atoms. The third-order valence-electron chi connectivity index (χ3n) is 3.32. The lowest BCUT2D eigenvalue weighted by Gasteiger charge is -2.33. The van der Waals surface area contributed by atoms with Gasteiger partial charge in [-0.3, -0.25) is 9.69 Å². The van der Waals surface area contributed by atoms with Crippen LogP contribution in [0.4, 0.5) is 5.69 Å². The first-order valence-corrected chi connectivity index (χ1v) is 6.55. The summed E-state index contributed by atoms with van der Waals surface area (Å²) >= 11 is 0. The molecule has 0 bridgehead atoms. The quantitative estimate of drug-likeness (QED) is 0.885. The van der Waals surface area contributed by atoms with E-state index in [1.807, 2.05) is 30.3 Å². The number of nitrogens with zero attached hydrogens (tertiary/aromatic N) is 1. The average Bonchev–Trinajstić information content (AvgIpc) is 2.39. The minimum Gasteiger partial charge on any atom is -0.326 e. The van der Waals surface area contributed by atoms with E-state index in [1.165, 1.54) is 0 Å². The fourth-order valence-electron chi connectivity index (χ4n) is 2.21. The molecule has 1 heterocycles. The number of halogens is 1. The number of hydrogen-bond donors (Lipinski definition) is 2. The SMILES string of the molecule is C[C@H]1CNCCN1CCC(=O)Nc1ccccc1.Cl. The number of carbonyl (C=O) groups is 1. The van der Waals surface area contributed by atoms with Gasteiger partial charge in [0, 0.05) is 44.3 Å². The Hall–Kier alpha value is -1.10. The topological polar surface area (TPSA) is 44.4 Å². The highest BCUT2D eigenvalue weighted by Crippen LogP contribution is 2.07. The van der Waals surface area contributed by atoms with E-state index in [2.05, 4.69) is 22.5 Å². The Balaban J connectivity index is 0.00000180. The van der Waals surface area contributed by atoms with E-state index in [-0.39, 0.29) is 18.3 Å². The van der Waals surface area contributed by atoms with Crippen molar-refractivity contribution in [1.29, 1.82) is 0 Å². The van der Waals surface area contributed by atoms with Gasteiger partial charge < -0.3 is 10.6 Å². The fraction of sp³-hybridized carbons (Fsp3) is 0.500. The highest BCUT2D eigenvalue weighted by atomic mass is 35.5. The standard InChI is InChI=1S/C14H21N3O.ClH/c1-12-11-15-8-10-17(12)9-7-14(18)16-13-5-3-2-4-6-13;/h2-6,12,15H,7-11H2,1H3,(H,16,18);1H/t12-;/m0./s1. The maximum atomic E-state index is 11.8. The van der Waals surface area contributed by atoms with Crippen molar-refractivity contribution in [2.24, 2.45) is 0 Å². The Kier molecular flexibility index (Phi) is 6.84. The number of para-hydroxylation sites is 1. The van der Waals surface area contributed by atoms with Crippen molar-refractivity contribution >= 4 is 24.0 Å². The molecule has 1 fully saturated rings. The van der Waals surface area contributed by atoms with Gasteiger partial charge in [-0.25, -0.2) is 0 Å². The number of anilines is 1. The van der Waals surface area contributed by atoms with Gasteiger partial charge in [0.25, 0.3) is 0 Å². The number of carbonyl (C=O) groups excluding carboxylic acids is 1. The summed E-state index contributed by atoms with van der Waals surface area (Å²) in [6.07, 6.45) is 0.555. The Morgan fingerprint density at radius 2 is 2.16 bits per heavy atom. The van der Waals surface area contributed by atoms with Crippen LogP contribution in [-0.4, -0.2) is 43.0 Å². The molecule has 2 N–H and O–H groups in total. The summed E-state index contributed by atoms with van der Waals surface area (Å²) in [5.41, 5.74) is 0.871. The molecule has 1 amide bonds. The first-order chi connectivity index (χ1) is 8.75. The Morgan fingerprint density at radius 3 is 2.84 bits per heavy atom. The first kappa shape index (κ1) is 16.0. The molecule has 19 heavy (non-hydrogen) atoms. The summed E-state index contributed by atoms with van der Waals surface area (Å²) in [6, 6.07) is 10.1. The van der Waals surface area contributed by atoms with Crippen LogP contribution >= 0.6 is 12.4 Å². The lowest BCUT2D eigenvalue weighted by Crippen LogP contribution is -2.50. The van der Waals surface area contributed by atoms with E-state index in [4.69, 9.17) is 0 Å². The molecule has 0 aliphatic carbocycles. The summed E-state index contributed by atoms with van der Waals surface area (Å²) in [7, 11) is 0. The number of hydrogen-bond acceptors (Lipinski definition) is 3. The normalized spacial score (nSPS) is 19.5. The fourth-order valence-corrected chi connectivity index (χ4v) is 2.21. The second-order valence-electron chi connectivity index (χ2n) is 4.75. The highest BCUT2D eigenvalue weighted by molar-refractivity contribution is 5.90. The number of rotatable bonds is 4. The third-order valence-corrected chi connectivity index (χ3v) is 3.32. The van der Waals surface area contributed by atoms with Crippen molar-refractivity contribution in [3.05, 3.63) is 30.3 Å². The van der Waals surface area contributed by atoms with E-state index in [9.17, 15) is 4.79 Å². The molecule has 1 aliphatic rings. The van der Waals surface area contributed by atoms with Crippen molar-refractivity contribution < 1.29 is 4.79 Å². The van der Waals surface area contributed by atoms with Crippen molar-refractivity contribution in [1.82, 2.24) is 10.2 Å². The zero-order chi connectivity index (χ0) is 12.8. The van der Waals surface area contributed by atoms with Gasteiger partial charge in [-0.15, -0.1) is 12.4 Å². The molecule has 4 nitrogen and oxygen atoms in total. The number of nitrogens with one attached hydrogen (secondary N) is 2. The zero-order valence-electron chi connectivity index (χ0n) is 11.3. The Labute approximate surface area is 121 Å². The van der Waals surface area contributed by atoms with E-state index < -0.39 is 0 Å². The minimum absolute atomic E-state index is 0. The van der Waals surface area contributed by atoms with E-state index in [1.54, 1.807) is 0 Å². The van der Waals surface area contributed by atoms with Crippen molar-refractivity contribution in [3.8, 4) is 0 Å². The first-order valence-electron chi connectivity index (χ1n) is 6.55. The molecule has 1 aliphatic heterocycles. The maximum Gasteiger partial charge on any atom is 0.225 e. The van der Waals surface area contributed by atoms with E-state index in [0.717, 1.165) is 31.9 Å². The van der Waals surface area contributed by atoms with Gasteiger partial charge in [0.1, 0.15) is 0 Å². The Morgan fingerprint density at radius 1 is 1.42 bits per heavy atom. The van der Waals surface area contributed by atoms with Gasteiger partial charge in [-0.05, 0) is 19.1 Å². The molecule has 0 unspecified atom stereocenters. The van der Waals surface area contributed by atoms with Crippen molar-refractivity contribution in [3.63, 3.8) is 0 Å². The molecule has 0 saturated carbocycles. The summed E-state index contributed by atoms with van der Waals surface area (Å²) in [5, 5.41) is 6.26. The molecule has 0 radical (unpaired) electrons. The van der Waals surface area contributed by atoms with Crippen LogP contribution in [-0.2, 0) is 4.79 Å². The van der Waals surface area contributed by atoms with Gasteiger partial charge in [-0.1, -0.05) is 18.2 Å². The molecule has 1 atom stereocenters. The van der Waals surface area contributed by atoms with E-state index in [0.29, 0.717) is 12.5 Å². The van der Waals surface area contributed by atoms with Gasteiger partial charge in [0.05, 0.1) is 0 Å². The monoisotopic (exact) mass is 283 g/mol. The molecular formula is C14H22ClN3O. The predicted octanol–water partition coefficient (Wildman–Crippen LogP) is 1.73. The Bertz CT molecular complexity index is 386. The molecule has 2 rings (SSSR count). The van der Waals surface area contributed by atoms with Crippen molar-refractivity contribution in [2.45, 2.75) is 19.4 Å². The molecule has 0 aromatic heterocycles. The largest absolute Gasteiger partial charge is 0.326 e. The molecule has 106 valence electrons. The molecule has 1 aromatic carbocycles. The zero-order valence-corrected chi connectivity index (χ0v) is 12.1. The van der Waals surface area contributed by atoms with Crippen LogP contribution in [0.5, 0.6) is 0 Å². The van der Waals surface area contributed by atoms with Crippen molar-refractivity contribution in [2.75, 3.05) is 31.5 Å².